The first-order chi connectivity index (χ1) is 8.52. The largest absolute Gasteiger partial charge is 0.363 e. The summed E-state index contributed by atoms with van der Waals surface area (Å²) in [7, 11) is 5.73. The average molecular weight is 244 g/mol. The maximum absolute atomic E-state index is 10.7. The Morgan fingerprint density at radius 3 is 2.56 bits per heavy atom. The molecule has 0 aliphatic heterocycles. The molecule has 0 saturated carbocycles. The van der Waals surface area contributed by atoms with Crippen LogP contribution in [0.1, 0.15) is 16.1 Å². The van der Waals surface area contributed by atoms with Gasteiger partial charge in [-0.3, -0.25) is 9.48 Å². The molecule has 2 rings (SSSR count). The molecule has 5 heteroatoms. The lowest BCUT2D eigenvalue weighted by Crippen LogP contribution is -2.11. The number of hydrogen-bond acceptors (Lipinski definition) is 4. The molecule has 18 heavy (non-hydrogen) atoms. The first kappa shape index (κ1) is 12.3. The first-order valence-electron chi connectivity index (χ1n) is 5.66. The van der Waals surface area contributed by atoms with E-state index in [2.05, 4.69) is 10.1 Å². The smallest absolute Gasteiger partial charge is 0.170 e. The molecule has 0 unspecified atom stereocenters. The van der Waals surface area contributed by atoms with Gasteiger partial charge in [-0.05, 0) is 24.6 Å². The van der Waals surface area contributed by atoms with Crippen molar-refractivity contribution in [1.29, 1.82) is 0 Å². The van der Waals surface area contributed by atoms with Gasteiger partial charge in [0, 0.05) is 32.9 Å². The van der Waals surface area contributed by atoms with Crippen molar-refractivity contribution in [2.24, 2.45) is 7.05 Å². The number of pyridine rings is 1. The minimum absolute atomic E-state index is 0.434. The number of nitrogens with zero attached hydrogens (tertiary/aromatic N) is 4. The molecule has 0 atom stereocenters. The zero-order chi connectivity index (χ0) is 13.3. The van der Waals surface area contributed by atoms with E-state index in [1.54, 1.807) is 10.7 Å². The molecule has 94 valence electrons. The van der Waals surface area contributed by atoms with Crippen molar-refractivity contribution in [2.75, 3.05) is 19.0 Å². The normalized spacial score (nSPS) is 10.4. The Hall–Kier alpha value is -2.17. The number of rotatable bonds is 3. The SMILES string of the molecule is Cc1cc(N(C)C)ncc1-c1cc(C=O)nn1C. The Bertz CT molecular complexity index is 587. The van der Waals surface area contributed by atoms with Crippen molar-refractivity contribution < 1.29 is 4.79 Å². The van der Waals surface area contributed by atoms with Crippen LogP contribution in [-0.2, 0) is 7.05 Å². The summed E-state index contributed by atoms with van der Waals surface area (Å²) in [5, 5.41) is 4.11. The second-order valence-electron chi connectivity index (χ2n) is 4.45. The molecule has 2 aromatic rings. The van der Waals surface area contributed by atoms with E-state index >= 15 is 0 Å². The van der Waals surface area contributed by atoms with Crippen LogP contribution in [0.25, 0.3) is 11.3 Å². The summed E-state index contributed by atoms with van der Waals surface area (Å²) in [6.07, 6.45) is 2.57. The Kier molecular flexibility index (Phi) is 3.14. The van der Waals surface area contributed by atoms with Crippen LogP contribution in [0.15, 0.2) is 18.3 Å². The monoisotopic (exact) mass is 244 g/mol. The topological polar surface area (TPSA) is 51.0 Å². The third kappa shape index (κ3) is 2.11. The molecule has 0 spiro atoms. The minimum atomic E-state index is 0.434. The number of carbonyl (C=O) groups excluding carboxylic acids is 1. The van der Waals surface area contributed by atoms with E-state index in [4.69, 9.17) is 0 Å². The zero-order valence-electron chi connectivity index (χ0n) is 11.0. The summed E-state index contributed by atoms with van der Waals surface area (Å²) in [5.74, 6) is 0.911. The van der Waals surface area contributed by atoms with E-state index < -0.39 is 0 Å². The van der Waals surface area contributed by atoms with Gasteiger partial charge >= 0.3 is 0 Å². The maximum Gasteiger partial charge on any atom is 0.170 e. The van der Waals surface area contributed by atoms with Crippen LogP contribution in [0, 0.1) is 6.92 Å². The highest BCUT2D eigenvalue weighted by Gasteiger charge is 2.11. The molecule has 0 bridgehead atoms. The predicted octanol–water partition coefficient (Wildman–Crippen LogP) is 1.67. The number of aryl methyl sites for hydroxylation is 2. The zero-order valence-corrected chi connectivity index (χ0v) is 11.0. The summed E-state index contributed by atoms with van der Waals surface area (Å²) < 4.78 is 1.70. The Morgan fingerprint density at radius 2 is 2.06 bits per heavy atom. The van der Waals surface area contributed by atoms with E-state index in [0.717, 1.165) is 28.9 Å². The van der Waals surface area contributed by atoms with Gasteiger partial charge in [-0.1, -0.05) is 0 Å². The standard InChI is InChI=1S/C13H16N4O/c1-9-5-13(16(2)3)14-7-11(9)12-6-10(8-18)15-17(12)4/h5-8H,1-4H3. The lowest BCUT2D eigenvalue weighted by atomic mass is 10.1. The van der Waals surface area contributed by atoms with Crippen molar-refractivity contribution in [2.45, 2.75) is 6.92 Å². The molecule has 0 fully saturated rings. The van der Waals surface area contributed by atoms with Gasteiger partial charge in [0.15, 0.2) is 6.29 Å². The van der Waals surface area contributed by atoms with Crippen LogP contribution < -0.4 is 4.90 Å². The molecule has 0 N–H and O–H groups in total. The molecule has 0 saturated heterocycles. The first-order valence-corrected chi connectivity index (χ1v) is 5.66. The molecule has 0 aromatic carbocycles. The van der Waals surface area contributed by atoms with Gasteiger partial charge in [0.05, 0.1) is 5.69 Å². The second-order valence-corrected chi connectivity index (χ2v) is 4.45. The van der Waals surface area contributed by atoms with Gasteiger partial charge in [0.25, 0.3) is 0 Å². The molecular formula is C13H16N4O. The lowest BCUT2D eigenvalue weighted by Gasteiger charge is -2.13. The van der Waals surface area contributed by atoms with Gasteiger partial charge in [0.1, 0.15) is 11.5 Å². The number of aromatic nitrogens is 3. The number of aldehydes is 1. The Morgan fingerprint density at radius 1 is 1.33 bits per heavy atom. The van der Waals surface area contributed by atoms with Crippen LogP contribution in [-0.4, -0.2) is 35.1 Å². The fourth-order valence-corrected chi connectivity index (χ4v) is 1.85. The van der Waals surface area contributed by atoms with Crippen LogP contribution in [0.4, 0.5) is 5.82 Å². The molecule has 2 aromatic heterocycles. The highest BCUT2D eigenvalue weighted by atomic mass is 16.1. The van der Waals surface area contributed by atoms with Crippen molar-refractivity contribution in [3.8, 4) is 11.3 Å². The Labute approximate surface area is 106 Å². The highest BCUT2D eigenvalue weighted by Crippen LogP contribution is 2.24. The van der Waals surface area contributed by atoms with Crippen LogP contribution in [0.5, 0.6) is 0 Å². The average Bonchev–Trinajstić information content (AvgIpc) is 2.70. The van der Waals surface area contributed by atoms with Gasteiger partial charge in [0.2, 0.25) is 0 Å². The second kappa shape index (κ2) is 4.60. The van der Waals surface area contributed by atoms with Gasteiger partial charge in [-0.2, -0.15) is 5.10 Å². The van der Waals surface area contributed by atoms with E-state index in [1.807, 2.05) is 45.2 Å². The molecule has 0 aliphatic rings. The van der Waals surface area contributed by atoms with Crippen molar-refractivity contribution in [3.05, 3.63) is 29.6 Å². The van der Waals surface area contributed by atoms with Crippen molar-refractivity contribution >= 4 is 12.1 Å². The molecule has 2 heterocycles. The van der Waals surface area contributed by atoms with E-state index in [9.17, 15) is 4.79 Å². The van der Waals surface area contributed by atoms with E-state index in [-0.39, 0.29) is 0 Å². The minimum Gasteiger partial charge on any atom is -0.363 e. The quantitative estimate of drug-likeness (QED) is 0.771. The van der Waals surface area contributed by atoms with E-state index in [1.165, 1.54) is 0 Å². The number of anilines is 1. The summed E-state index contributed by atoms with van der Waals surface area (Å²) in [4.78, 5) is 17.1. The maximum atomic E-state index is 10.7. The van der Waals surface area contributed by atoms with Crippen molar-refractivity contribution in [3.63, 3.8) is 0 Å². The van der Waals surface area contributed by atoms with Gasteiger partial charge in [-0.25, -0.2) is 4.98 Å². The van der Waals surface area contributed by atoms with Crippen LogP contribution >= 0.6 is 0 Å². The summed E-state index contributed by atoms with van der Waals surface area (Å²) in [6, 6.07) is 3.79. The van der Waals surface area contributed by atoms with Crippen LogP contribution in [0.3, 0.4) is 0 Å². The summed E-state index contributed by atoms with van der Waals surface area (Å²) >= 11 is 0. The molecule has 0 aliphatic carbocycles. The third-order valence-corrected chi connectivity index (χ3v) is 2.85. The molecule has 0 radical (unpaired) electrons. The summed E-state index contributed by atoms with van der Waals surface area (Å²) in [5.41, 5.74) is 3.42. The highest BCUT2D eigenvalue weighted by molar-refractivity contribution is 5.76. The van der Waals surface area contributed by atoms with Gasteiger partial charge in [-0.15, -0.1) is 0 Å². The summed E-state index contributed by atoms with van der Waals surface area (Å²) in [6.45, 7) is 2.03. The fraction of sp³-hybridized carbons (Fsp3) is 0.308. The molecule has 5 nitrogen and oxygen atoms in total. The van der Waals surface area contributed by atoms with E-state index in [0.29, 0.717) is 5.69 Å². The third-order valence-electron chi connectivity index (χ3n) is 2.85. The van der Waals surface area contributed by atoms with Crippen LogP contribution in [0.2, 0.25) is 0 Å². The predicted molar refractivity (Wildman–Crippen MR) is 70.9 cm³/mol. The fourth-order valence-electron chi connectivity index (χ4n) is 1.85. The molecular weight excluding hydrogens is 228 g/mol. The number of carbonyl (C=O) groups is 1. The van der Waals surface area contributed by atoms with Crippen molar-refractivity contribution in [1.82, 2.24) is 14.8 Å². The Balaban J connectivity index is 2.50. The molecule has 0 amide bonds. The lowest BCUT2D eigenvalue weighted by molar-refractivity contribution is 0.111. The number of hydrogen-bond donors (Lipinski definition) is 0. The van der Waals surface area contributed by atoms with Gasteiger partial charge < -0.3 is 4.90 Å².